The van der Waals surface area contributed by atoms with Gasteiger partial charge in [-0.1, -0.05) is 20.8 Å². The van der Waals surface area contributed by atoms with Gasteiger partial charge in [-0.25, -0.2) is 9.98 Å². The summed E-state index contributed by atoms with van der Waals surface area (Å²) < 4.78 is 45.7. The number of nitrogens with one attached hydrogen (secondary N) is 1. The van der Waals surface area contributed by atoms with Crippen molar-refractivity contribution in [2.75, 3.05) is 5.32 Å². The van der Waals surface area contributed by atoms with E-state index in [1.54, 1.807) is 6.20 Å². The van der Waals surface area contributed by atoms with Gasteiger partial charge in [0.05, 0.1) is 6.20 Å². The number of alkyl halides is 3. The molecule has 1 aromatic carbocycles. The van der Waals surface area contributed by atoms with E-state index in [2.05, 4.69) is 20.0 Å². The first kappa shape index (κ1) is 22.1. The van der Waals surface area contributed by atoms with Crippen LogP contribution in [0.4, 0.5) is 18.9 Å². The molecule has 0 unspecified atom stereocenters. The number of hydrogen-bond acceptors (Lipinski definition) is 4. The molecule has 0 aliphatic carbocycles. The molecule has 6 nitrogen and oxygen atoms in total. The molecule has 0 aliphatic rings. The summed E-state index contributed by atoms with van der Waals surface area (Å²) in [6, 6.07) is 5.14. The minimum absolute atomic E-state index is 0. The van der Waals surface area contributed by atoms with E-state index in [0.29, 0.717) is 11.6 Å². The van der Waals surface area contributed by atoms with Crippen molar-refractivity contribution in [2.24, 2.45) is 10.7 Å². The fourth-order valence-corrected chi connectivity index (χ4v) is 1.81. The van der Waals surface area contributed by atoms with Crippen LogP contribution in [0.3, 0.4) is 0 Å². The van der Waals surface area contributed by atoms with Crippen LogP contribution in [0.1, 0.15) is 32.4 Å². The highest BCUT2D eigenvalue weighted by Crippen LogP contribution is 2.24. The number of ether oxygens (including phenoxy) is 1. The van der Waals surface area contributed by atoms with Crippen LogP contribution in [-0.2, 0) is 12.0 Å². The van der Waals surface area contributed by atoms with Gasteiger partial charge in [0.2, 0.25) is 5.89 Å². The number of benzene rings is 1. The van der Waals surface area contributed by atoms with Crippen molar-refractivity contribution in [3.63, 3.8) is 0 Å². The molecule has 0 atom stereocenters. The molecule has 26 heavy (non-hydrogen) atoms. The second-order valence-corrected chi connectivity index (χ2v) is 6.27. The lowest BCUT2D eigenvalue weighted by Crippen LogP contribution is -2.22. The highest BCUT2D eigenvalue weighted by Gasteiger charge is 2.30. The zero-order chi connectivity index (χ0) is 18.7. The standard InChI is InChI=1S/C16H19F3N4O2.HI/c1-15(2,3)12-8-21-13(24-12)9-22-14(20)23-10-4-6-11(7-5-10)25-16(17,18)19;/h4-8H,9H2,1-3H3,(H3,20,22,23);1H. The van der Waals surface area contributed by atoms with Gasteiger partial charge in [0, 0.05) is 11.1 Å². The number of aromatic nitrogens is 1. The summed E-state index contributed by atoms with van der Waals surface area (Å²) in [4.78, 5) is 8.21. The molecule has 2 aromatic rings. The number of nitrogens with zero attached hydrogens (tertiary/aromatic N) is 2. The van der Waals surface area contributed by atoms with Gasteiger partial charge in [0.15, 0.2) is 5.96 Å². The van der Waals surface area contributed by atoms with Gasteiger partial charge in [-0.15, -0.1) is 37.1 Å². The third-order valence-electron chi connectivity index (χ3n) is 3.04. The van der Waals surface area contributed by atoms with Crippen LogP contribution in [0, 0.1) is 0 Å². The normalized spacial score (nSPS) is 12.5. The summed E-state index contributed by atoms with van der Waals surface area (Å²) in [5, 5.41) is 2.76. The monoisotopic (exact) mass is 484 g/mol. The Labute approximate surface area is 166 Å². The molecule has 3 N–H and O–H groups in total. The smallest absolute Gasteiger partial charge is 0.443 e. The van der Waals surface area contributed by atoms with Crippen LogP contribution < -0.4 is 15.8 Å². The van der Waals surface area contributed by atoms with Gasteiger partial charge < -0.3 is 20.2 Å². The summed E-state index contributed by atoms with van der Waals surface area (Å²) in [7, 11) is 0. The van der Waals surface area contributed by atoms with Crippen LogP contribution in [0.15, 0.2) is 39.9 Å². The minimum Gasteiger partial charge on any atom is -0.443 e. The van der Waals surface area contributed by atoms with E-state index in [1.807, 2.05) is 20.8 Å². The van der Waals surface area contributed by atoms with E-state index < -0.39 is 6.36 Å². The molecule has 0 radical (unpaired) electrons. The average Bonchev–Trinajstić information content (AvgIpc) is 2.95. The van der Waals surface area contributed by atoms with Gasteiger partial charge in [-0.05, 0) is 24.3 Å². The maximum Gasteiger partial charge on any atom is 0.573 e. The predicted molar refractivity (Wildman–Crippen MR) is 103 cm³/mol. The first-order valence-corrected chi connectivity index (χ1v) is 7.41. The Morgan fingerprint density at radius 3 is 2.35 bits per heavy atom. The van der Waals surface area contributed by atoms with Crippen LogP contribution >= 0.6 is 24.0 Å². The number of rotatable bonds is 4. The molecule has 0 aliphatic heterocycles. The Hall–Kier alpha value is -1.98. The minimum atomic E-state index is -4.72. The maximum absolute atomic E-state index is 12.1. The van der Waals surface area contributed by atoms with Crippen molar-refractivity contribution < 1.29 is 22.3 Å². The molecule has 0 bridgehead atoms. The zero-order valence-corrected chi connectivity index (χ0v) is 16.8. The third kappa shape index (κ3) is 7.10. The van der Waals surface area contributed by atoms with Crippen molar-refractivity contribution in [1.29, 1.82) is 0 Å². The van der Waals surface area contributed by atoms with E-state index in [9.17, 15) is 13.2 Å². The average molecular weight is 484 g/mol. The van der Waals surface area contributed by atoms with Crippen molar-refractivity contribution in [3.05, 3.63) is 42.1 Å². The molecule has 2 rings (SSSR count). The van der Waals surface area contributed by atoms with Crippen LogP contribution in [0.2, 0.25) is 0 Å². The predicted octanol–water partition coefficient (Wildman–Crippen LogP) is 4.42. The Morgan fingerprint density at radius 2 is 1.85 bits per heavy atom. The molecule has 1 heterocycles. The molecule has 144 valence electrons. The topological polar surface area (TPSA) is 85.7 Å². The maximum atomic E-state index is 12.1. The summed E-state index contributed by atoms with van der Waals surface area (Å²) in [6.07, 6.45) is -3.08. The molecule has 0 amide bonds. The molecule has 10 heteroatoms. The van der Waals surface area contributed by atoms with Crippen LogP contribution in [0.5, 0.6) is 5.75 Å². The first-order chi connectivity index (χ1) is 11.5. The van der Waals surface area contributed by atoms with Gasteiger partial charge in [-0.2, -0.15) is 0 Å². The number of aliphatic imine (C=N–C) groups is 1. The number of guanidine groups is 1. The molecule has 0 saturated heterocycles. The van der Waals surface area contributed by atoms with E-state index in [4.69, 9.17) is 10.2 Å². The summed E-state index contributed by atoms with van der Waals surface area (Å²) in [6.45, 7) is 6.15. The van der Waals surface area contributed by atoms with Gasteiger partial charge in [0.25, 0.3) is 0 Å². The quantitative estimate of drug-likeness (QED) is 0.382. The number of anilines is 1. The number of nitrogens with two attached hydrogens (primary N) is 1. The summed E-state index contributed by atoms with van der Waals surface area (Å²) in [5.41, 5.74) is 6.06. The van der Waals surface area contributed by atoms with Crippen molar-refractivity contribution in [3.8, 4) is 5.75 Å². The molecular weight excluding hydrogens is 464 g/mol. The number of oxazole rings is 1. The number of halogens is 4. The van der Waals surface area contributed by atoms with Gasteiger partial charge >= 0.3 is 6.36 Å². The van der Waals surface area contributed by atoms with Gasteiger partial charge in [-0.3, -0.25) is 0 Å². The van der Waals surface area contributed by atoms with Gasteiger partial charge in [0.1, 0.15) is 18.1 Å². The largest absolute Gasteiger partial charge is 0.573 e. The molecule has 0 saturated carbocycles. The van der Waals surface area contributed by atoms with Crippen molar-refractivity contribution in [2.45, 2.75) is 39.1 Å². The lowest BCUT2D eigenvalue weighted by Gasteiger charge is -2.12. The van der Waals surface area contributed by atoms with Crippen molar-refractivity contribution in [1.82, 2.24) is 4.98 Å². The third-order valence-corrected chi connectivity index (χ3v) is 3.04. The molecule has 0 spiro atoms. The van der Waals surface area contributed by atoms with E-state index in [-0.39, 0.29) is 47.6 Å². The SMILES string of the molecule is CC(C)(C)c1cnc(CN=C(N)Nc2ccc(OC(F)(F)F)cc2)o1.I. The number of hydrogen-bond donors (Lipinski definition) is 2. The second kappa shape index (κ2) is 8.60. The fourth-order valence-electron chi connectivity index (χ4n) is 1.81. The lowest BCUT2D eigenvalue weighted by molar-refractivity contribution is -0.274. The van der Waals surface area contributed by atoms with Crippen LogP contribution in [0.25, 0.3) is 0 Å². The Bertz CT molecular complexity index is 737. The molecule has 0 fully saturated rings. The van der Waals surface area contributed by atoms with Crippen molar-refractivity contribution >= 4 is 35.6 Å². The van der Waals surface area contributed by atoms with E-state index in [0.717, 1.165) is 5.76 Å². The summed E-state index contributed by atoms with van der Waals surface area (Å²) >= 11 is 0. The fraction of sp³-hybridized carbons (Fsp3) is 0.375. The van der Waals surface area contributed by atoms with E-state index >= 15 is 0 Å². The molecular formula is C16H20F3IN4O2. The second-order valence-electron chi connectivity index (χ2n) is 6.27. The van der Waals surface area contributed by atoms with Crippen LogP contribution in [-0.4, -0.2) is 17.3 Å². The Morgan fingerprint density at radius 1 is 1.23 bits per heavy atom. The zero-order valence-electron chi connectivity index (χ0n) is 14.4. The highest BCUT2D eigenvalue weighted by atomic mass is 127. The Balaban J connectivity index is 0.00000338. The first-order valence-electron chi connectivity index (χ1n) is 7.41. The highest BCUT2D eigenvalue weighted by molar-refractivity contribution is 14.0. The molecule has 1 aromatic heterocycles. The van der Waals surface area contributed by atoms with E-state index in [1.165, 1.54) is 24.3 Å². The lowest BCUT2D eigenvalue weighted by atomic mass is 9.94. The summed E-state index contributed by atoms with van der Waals surface area (Å²) in [5.74, 6) is 0.927. The Kier molecular flexibility index (Phi) is 7.30.